The quantitative estimate of drug-likeness (QED) is 0.817. The van der Waals surface area contributed by atoms with E-state index in [2.05, 4.69) is 15.3 Å². The second-order valence-corrected chi connectivity index (χ2v) is 4.14. The monoisotopic (exact) mass is 237 g/mol. The second-order valence-electron chi connectivity index (χ2n) is 4.14. The lowest BCUT2D eigenvalue weighted by Crippen LogP contribution is -2.18. The van der Waals surface area contributed by atoms with E-state index in [1.807, 2.05) is 0 Å². The van der Waals surface area contributed by atoms with Crippen LogP contribution < -0.4 is 10.1 Å². The minimum absolute atomic E-state index is 0.163. The summed E-state index contributed by atoms with van der Waals surface area (Å²) in [5.74, 6) is 0.217. The lowest BCUT2D eigenvalue weighted by Gasteiger charge is -2.13. The van der Waals surface area contributed by atoms with Crippen LogP contribution in [0.25, 0.3) is 0 Å². The van der Waals surface area contributed by atoms with Crippen molar-refractivity contribution in [3.63, 3.8) is 0 Å². The van der Waals surface area contributed by atoms with Crippen molar-refractivity contribution in [3.8, 4) is 5.88 Å². The van der Waals surface area contributed by atoms with Crippen LogP contribution in [0.2, 0.25) is 0 Å². The highest BCUT2D eigenvalue weighted by Gasteiger charge is 2.29. The highest BCUT2D eigenvalue weighted by molar-refractivity contribution is 5.70. The Bertz CT molecular complexity index is 411. The molecule has 0 radical (unpaired) electrons. The molecule has 1 saturated carbocycles. The zero-order chi connectivity index (χ0) is 12.3. The zero-order valence-electron chi connectivity index (χ0n) is 9.59. The van der Waals surface area contributed by atoms with Gasteiger partial charge in [-0.1, -0.05) is 0 Å². The van der Waals surface area contributed by atoms with Crippen molar-refractivity contribution in [3.05, 3.63) is 12.4 Å². The van der Waals surface area contributed by atoms with Gasteiger partial charge in [0.15, 0.2) is 0 Å². The van der Waals surface area contributed by atoms with Gasteiger partial charge in [-0.05, 0) is 19.3 Å². The minimum Gasteiger partial charge on any atom is -0.481 e. The molecule has 2 rings (SSSR count). The molecular formula is C11H15N3O3. The van der Waals surface area contributed by atoms with Gasteiger partial charge in [-0.25, -0.2) is 9.97 Å². The topological polar surface area (TPSA) is 84.3 Å². The lowest BCUT2D eigenvalue weighted by atomic mass is 10.1. The zero-order valence-corrected chi connectivity index (χ0v) is 9.59. The molecular weight excluding hydrogens is 222 g/mol. The first kappa shape index (κ1) is 11.6. The second kappa shape index (κ2) is 4.99. The van der Waals surface area contributed by atoms with Crippen LogP contribution >= 0.6 is 0 Å². The molecule has 0 amide bonds. The summed E-state index contributed by atoms with van der Waals surface area (Å²) in [7, 11) is 1.54. The molecule has 92 valence electrons. The van der Waals surface area contributed by atoms with Crippen LogP contribution in [0, 0.1) is 5.92 Å². The summed E-state index contributed by atoms with van der Waals surface area (Å²) in [6.07, 6.45) is 3.63. The van der Waals surface area contributed by atoms with Crippen LogP contribution in [0.4, 0.5) is 5.82 Å². The van der Waals surface area contributed by atoms with Crippen molar-refractivity contribution >= 4 is 11.8 Å². The summed E-state index contributed by atoms with van der Waals surface area (Å²) in [6.45, 7) is 0. The van der Waals surface area contributed by atoms with Gasteiger partial charge in [-0.15, -0.1) is 0 Å². The molecule has 0 spiro atoms. The summed E-state index contributed by atoms with van der Waals surface area (Å²) < 4.78 is 4.99. The number of methoxy groups -OCH3 is 1. The number of carboxylic acids is 1. The van der Waals surface area contributed by atoms with E-state index in [0.717, 1.165) is 12.8 Å². The summed E-state index contributed by atoms with van der Waals surface area (Å²) >= 11 is 0. The van der Waals surface area contributed by atoms with E-state index in [-0.39, 0.29) is 12.0 Å². The molecule has 0 bridgehead atoms. The van der Waals surface area contributed by atoms with E-state index in [1.165, 1.54) is 6.33 Å². The third-order valence-corrected chi connectivity index (χ3v) is 2.99. The van der Waals surface area contributed by atoms with E-state index < -0.39 is 5.97 Å². The van der Waals surface area contributed by atoms with Gasteiger partial charge in [-0.3, -0.25) is 4.79 Å². The number of nitrogens with one attached hydrogen (secondary N) is 1. The molecule has 1 aromatic heterocycles. The van der Waals surface area contributed by atoms with E-state index in [9.17, 15) is 4.79 Å². The fourth-order valence-corrected chi connectivity index (χ4v) is 2.08. The third kappa shape index (κ3) is 2.83. The Morgan fingerprint density at radius 3 is 3.00 bits per heavy atom. The molecule has 1 aliphatic rings. The number of rotatable bonds is 4. The Labute approximate surface area is 99.0 Å². The number of hydrogen-bond donors (Lipinski definition) is 2. The fourth-order valence-electron chi connectivity index (χ4n) is 2.08. The van der Waals surface area contributed by atoms with Gasteiger partial charge in [0.05, 0.1) is 13.0 Å². The van der Waals surface area contributed by atoms with E-state index in [0.29, 0.717) is 18.1 Å². The minimum atomic E-state index is -0.713. The number of anilines is 1. The van der Waals surface area contributed by atoms with Crippen LogP contribution in [-0.2, 0) is 4.79 Å². The smallest absolute Gasteiger partial charge is 0.306 e. The van der Waals surface area contributed by atoms with E-state index >= 15 is 0 Å². The number of carboxylic acid groups (broad SMARTS) is 1. The molecule has 1 aromatic rings. The lowest BCUT2D eigenvalue weighted by molar-refractivity contribution is -0.141. The van der Waals surface area contributed by atoms with Crippen LogP contribution in [-0.4, -0.2) is 34.2 Å². The molecule has 0 aromatic carbocycles. The van der Waals surface area contributed by atoms with Gasteiger partial charge < -0.3 is 15.2 Å². The maximum Gasteiger partial charge on any atom is 0.306 e. The fraction of sp³-hybridized carbons (Fsp3) is 0.545. The molecule has 1 heterocycles. The third-order valence-electron chi connectivity index (χ3n) is 2.99. The molecule has 2 unspecified atom stereocenters. The van der Waals surface area contributed by atoms with Crippen LogP contribution in [0.5, 0.6) is 5.88 Å². The first-order valence-corrected chi connectivity index (χ1v) is 5.54. The molecule has 6 nitrogen and oxygen atoms in total. The van der Waals surface area contributed by atoms with Gasteiger partial charge in [-0.2, -0.15) is 0 Å². The van der Waals surface area contributed by atoms with Crippen molar-refractivity contribution in [2.24, 2.45) is 5.92 Å². The Balaban J connectivity index is 1.95. The normalized spacial score (nSPS) is 23.4. The summed E-state index contributed by atoms with van der Waals surface area (Å²) in [5, 5.41) is 12.1. The predicted molar refractivity (Wildman–Crippen MR) is 61.0 cm³/mol. The van der Waals surface area contributed by atoms with E-state index in [4.69, 9.17) is 9.84 Å². The molecule has 0 aliphatic heterocycles. The van der Waals surface area contributed by atoms with Gasteiger partial charge in [0.25, 0.3) is 0 Å². The van der Waals surface area contributed by atoms with Gasteiger partial charge in [0.2, 0.25) is 5.88 Å². The predicted octanol–water partition coefficient (Wildman–Crippen LogP) is 1.15. The van der Waals surface area contributed by atoms with Crippen molar-refractivity contribution in [2.45, 2.75) is 25.3 Å². The van der Waals surface area contributed by atoms with Gasteiger partial charge in [0, 0.05) is 12.1 Å². The Hall–Kier alpha value is -1.85. The average Bonchev–Trinajstić information content (AvgIpc) is 2.78. The molecule has 1 aliphatic carbocycles. The van der Waals surface area contributed by atoms with Crippen LogP contribution in [0.1, 0.15) is 19.3 Å². The number of ether oxygens (including phenoxy) is 1. The Morgan fingerprint density at radius 1 is 1.53 bits per heavy atom. The molecule has 2 atom stereocenters. The Kier molecular flexibility index (Phi) is 3.41. The highest BCUT2D eigenvalue weighted by atomic mass is 16.5. The number of carbonyl (C=O) groups is 1. The first-order valence-electron chi connectivity index (χ1n) is 5.54. The van der Waals surface area contributed by atoms with Crippen LogP contribution in [0.3, 0.4) is 0 Å². The number of aromatic nitrogens is 2. The Morgan fingerprint density at radius 2 is 2.35 bits per heavy atom. The largest absolute Gasteiger partial charge is 0.481 e. The van der Waals surface area contributed by atoms with Crippen LogP contribution in [0.15, 0.2) is 12.4 Å². The van der Waals surface area contributed by atoms with Gasteiger partial charge >= 0.3 is 5.97 Å². The average molecular weight is 237 g/mol. The van der Waals surface area contributed by atoms with E-state index in [1.54, 1.807) is 13.2 Å². The number of nitrogens with zero attached hydrogens (tertiary/aromatic N) is 2. The summed E-state index contributed by atoms with van der Waals surface area (Å²) in [5.41, 5.74) is 0. The maximum absolute atomic E-state index is 10.8. The molecule has 6 heteroatoms. The molecule has 2 N–H and O–H groups in total. The van der Waals surface area contributed by atoms with Crippen molar-refractivity contribution < 1.29 is 14.6 Å². The summed E-state index contributed by atoms with van der Waals surface area (Å²) in [6, 6.07) is 1.87. The SMILES string of the molecule is COc1cc(NC2CCC(C(=O)O)C2)ncn1. The highest BCUT2D eigenvalue weighted by Crippen LogP contribution is 2.28. The number of hydrogen-bond acceptors (Lipinski definition) is 5. The first-order chi connectivity index (χ1) is 8.19. The van der Waals surface area contributed by atoms with Crippen molar-refractivity contribution in [1.29, 1.82) is 0 Å². The molecule has 0 saturated heterocycles. The van der Waals surface area contributed by atoms with Crippen molar-refractivity contribution in [2.75, 3.05) is 12.4 Å². The molecule has 17 heavy (non-hydrogen) atoms. The van der Waals surface area contributed by atoms with Gasteiger partial charge in [0.1, 0.15) is 12.1 Å². The maximum atomic E-state index is 10.8. The van der Waals surface area contributed by atoms with Crippen molar-refractivity contribution in [1.82, 2.24) is 9.97 Å². The molecule has 1 fully saturated rings. The number of aliphatic carboxylic acids is 1. The summed E-state index contributed by atoms with van der Waals surface area (Å²) in [4.78, 5) is 18.8. The standard InChI is InChI=1S/C11H15N3O3/c1-17-10-5-9(12-6-13-10)14-8-3-2-7(4-8)11(15)16/h5-8H,2-4H2,1H3,(H,15,16)(H,12,13,14).